The van der Waals surface area contributed by atoms with Gasteiger partial charge in [-0.2, -0.15) is 0 Å². The van der Waals surface area contributed by atoms with Gasteiger partial charge in [-0.1, -0.05) is 60.3 Å². The molecule has 1 heterocycles. The van der Waals surface area contributed by atoms with E-state index in [0.717, 1.165) is 11.3 Å². The van der Waals surface area contributed by atoms with Crippen molar-refractivity contribution >= 4 is 28.6 Å². The van der Waals surface area contributed by atoms with Crippen LogP contribution in [0.5, 0.6) is 0 Å². The van der Waals surface area contributed by atoms with E-state index in [1.165, 1.54) is 18.9 Å². The molecule has 0 bridgehead atoms. The van der Waals surface area contributed by atoms with E-state index in [4.69, 9.17) is 9.72 Å². The van der Waals surface area contributed by atoms with E-state index < -0.39 is 5.97 Å². The summed E-state index contributed by atoms with van der Waals surface area (Å²) in [5.74, 6) is -0.460. The van der Waals surface area contributed by atoms with E-state index in [0.29, 0.717) is 21.6 Å². The summed E-state index contributed by atoms with van der Waals surface area (Å²) in [6, 6.07) is 24.4. The van der Waals surface area contributed by atoms with E-state index in [9.17, 15) is 9.59 Å². The smallest absolute Gasteiger partial charge is 0.337 e. The highest BCUT2D eigenvalue weighted by atomic mass is 32.2. The number of ether oxygens (including phenoxy) is 1. The molecule has 150 valence electrons. The van der Waals surface area contributed by atoms with Crippen molar-refractivity contribution in [3.63, 3.8) is 0 Å². The molecule has 0 fully saturated rings. The first-order chi connectivity index (χ1) is 14.6. The van der Waals surface area contributed by atoms with Crippen LogP contribution in [0.25, 0.3) is 16.6 Å². The molecule has 0 saturated carbocycles. The summed E-state index contributed by atoms with van der Waals surface area (Å²) in [6.45, 7) is 2.08. The first-order valence-electron chi connectivity index (χ1n) is 9.50. The largest absolute Gasteiger partial charge is 0.465 e. The number of thioether (sulfide) groups is 1. The average Bonchev–Trinajstić information content (AvgIpc) is 2.79. The number of aromatic nitrogens is 2. The van der Waals surface area contributed by atoms with Crippen molar-refractivity contribution in [1.82, 2.24) is 9.55 Å². The summed E-state index contributed by atoms with van der Waals surface area (Å²) in [6.07, 6.45) is 0. The van der Waals surface area contributed by atoms with Crippen molar-refractivity contribution in [3.8, 4) is 5.69 Å². The van der Waals surface area contributed by atoms with Gasteiger partial charge in [-0.15, -0.1) is 0 Å². The fourth-order valence-corrected chi connectivity index (χ4v) is 4.30. The Morgan fingerprint density at radius 3 is 2.33 bits per heavy atom. The molecule has 6 heteroatoms. The molecule has 0 aliphatic heterocycles. The van der Waals surface area contributed by atoms with Gasteiger partial charge in [0.15, 0.2) is 5.16 Å². The van der Waals surface area contributed by atoms with Crippen LogP contribution >= 0.6 is 11.8 Å². The molecule has 0 spiro atoms. The molecule has 3 aromatic carbocycles. The fraction of sp³-hybridized carbons (Fsp3) is 0.125. The van der Waals surface area contributed by atoms with E-state index in [1.807, 2.05) is 48.5 Å². The molecule has 4 rings (SSSR count). The third-order valence-electron chi connectivity index (χ3n) is 4.83. The van der Waals surface area contributed by atoms with Crippen molar-refractivity contribution in [3.05, 3.63) is 100 Å². The molecular weight excluding hydrogens is 396 g/mol. The highest BCUT2D eigenvalue weighted by molar-refractivity contribution is 7.99. The topological polar surface area (TPSA) is 61.2 Å². The predicted molar refractivity (Wildman–Crippen MR) is 119 cm³/mol. The van der Waals surface area contributed by atoms with Crippen LogP contribution in [0.1, 0.15) is 28.1 Å². The SMILES string of the molecule is COC(=O)c1ccc2c(=O)n(-c3ccccc3)c(S[C@H](C)c3ccccc3)nc2c1. The zero-order valence-electron chi connectivity index (χ0n) is 16.6. The maximum absolute atomic E-state index is 13.4. The minimum atomic E-state index is -0.460. The Hall–Kier alpha value is -3.38. The molecule has 0 radical (unpaired) electrons. The summed E-state index contributed by atoms with van der Waals surface area (Å²) >= 11 is 1.50. The van der Waals surface area contributed by atoms with Gasteiger partial charge >= 0.3 is 5.97 Å². The van der Waals surface area contributed by atoms with Crippen LogP contribution in [-0.2, 0) is 4.74 Å². The van der Waals surface area contributed by atoms with Gasteiger partial charge in [0, 0.05) is 5.25 Å². The van der Waals surface area contributed by atoms with E-state index in [1.54, 1.807) is 22.8 Å². The second-order valence-corrected chi connectivity index (χ2v) is 8.07. The Bertz CT molecular complexity index is 1250. The number of carbonyl (C=O) groups excluding carboxylic acids is 1. The Morgan fingerprint density at radius 2 is 1.67 bits per heavy atom. The molecule has 0 unspecified atom stereocenters. The van der Waals surface area contributed by atoms with Crippen molar-refractivity contribution < 1.29 is 9.53 Å². The van der Waals surface area contributed by atoms with Crippen molar-refractivity contribution in [1.29, 1.82) is 0 Å². The standard InChI is InChI=1S/C24H20N2O3S/c1-16(17-9-5-3-6-10-17)30-24-25-21-15-18(23(28)29-2)13-14-20(21)22(27)26(24)19-11-7-4-8-12-19/h3-16H,1-2H3/t16-/m1/s1. The lowest BCUT2D eigenvalue weighted by Crippen LogP contribution is -2.22. The van der Waals surface area contributed by atoms with Gasteiger partial charge < -0.3 is 4.74 Å². The Kier molecular flexibility index (Phi) is 5.68. The van der Waals surface area contributed by atoms with Crippen molar-refractivity contribution in [2.75, 3.05) is 7.11 Å². The summed E-state index contributed by atoms with van der Waals surface area (Å²) in [5.41, 5.74) is 2.54. The maximum atomic E-state index is 13.4. The molecular formula is C24H20N2O3S. The van der Waals surface area contributed by atoms with E-state index in [-0.39, 0.29) is 10.8 Å². The first kappa shape index (κ1) is 19.9. The fourth-order valence-electron chi connectivity index (χ4n) is 3.24. The van der Waals surface area contributed by atoms with Gasteiger partial charge in [-0.3, -0.25) is 9.36 Å². The quantitative estimate of drug-likeness (QED) is 0.260. The van der Waals surface area contributed by atoms with E-state index in [2.05, 4.69) is 19.1 Å². The number of carbonyl (C=O) groups is 1. The number of fused-ring (bicyclic) bond motifs is 1. The van der Waals surface area contributed by atoms with Gasteiger partial charge in [-0.05, 0) is 42.8 Å². The van der Waals surface area contributed by atoms with Gasteiger partial charge in [0.2, 0.25) is 0 Å². The molecule has 0 saturated heterocycles. The number of hydrogen-bond donors (Lipinski definition) is 0. The van der Waals surface area contributed by atoms with Crippen LogP contribution in [0.2, 0.25) is 0 Å². The molecule has 4 aromatic rings. The average molecular weight is 417 g/mol. The Balaban J connectivity index is 1.90. The van der Waals surface area contributed by atoms with Crippen LogP contribution in [0.15, 0.2) is 88.8 Å². The second-order valence-electron chi connectivity index (χ2n) is 6.76. The van der Waals surface area contributed by atoms with Gasteiger partial charge in [-0.25, -0.2) is 9.78 Å². The lowest BCUT2D eigenvalue weighted by atomic mass is 10.1. The van der Waals surface area contributed by atoms with Gasteiger partial charge in [0.05, 0.1) is 29.3 Å². The number of para-hydroxylation sites is 1. The van der Waals surface area contributed by atoms with Crippen molar-refractivity contribution in [2.45, 2.75) is 17.3 Å². The summed E-state index contributed by atoms with van der Waals surface area (Å²) in [7, 11) is 1.33. The summed E-state index contributed by atoms with van der Waals surface area (Å²) in [4.78, 5) is 30.1. The van der Waals surface area contributed by atoms with Crippen LogP contribution in [0, 0.1) is 0 Å². The first-order valence-corrected chi connectivity index (χ1v) is 10.4. The van der Waals surface area contributed by atoms with Crippen LogP contribution in [0.4, 0.5) is 0 Å². The molecule has 1 aromatic heterocycles. The van der Waals surface area contributed by atoms with Crippen LogP contribution in [0.3, 0.4) is 0 Å². The number of methoxy groups -OCH3 is 1. The zero-order valence-corrected chi connectivity index (χ0v) is 17.4. The predicted octanol–water partition coefficient (Wildman–Crippen LogP) is 5.03. The summed E-state index contributed by atoms with van der Waals surface area (Å²) < 4.78 is 6.44. The minimum absolute atomic E-state index is 0.0781. The monoisotopic (exact) mass is 416 g/mol. The van der Waals surface area contributed by atoms with E-state index >= 15 is 0 Å². The number of nitrogens with zero attached hydrogens (tertiary/aromatic N) is 2. The minimum Gasteiger partial charge on any atom is -0.465 e. The molecule has 0 amide bonds. The molecule has 0 aliphatic carbocycles. The lowest BCUT2D eigenvalue weighted by Gasteiger charge is -2.17. The Labute approximate surface area is 178 Å². The van der Waals surface area contributed by atoms with Gasteiger partial charge in [0.1, 0.15) is 0 Å². The van der Waals surface area contributed by atoms with Gasteiger partial charge in [0.25, 0.3) is 5.56 Å². The molecule has 5 nitrogen and oxygen atoms in total. The third-order valence-corrected chi connectivity index (χ3v) is 5.94. The molecule has 30 heavy (non-hydrogen) atoms. The molecule has 0 N–H and O–H groups in total. The molecule has 0 aliphatic rings. The highest BCUT2D eigenvalue weighted by Crippen LogP contribution is 2.34. The number of esters is 1. The zero-order chi connectivity index (χ0) is 21.1. The summed E-state index contributed by atoms with van der Waals surface area (Å²) in [5, 5.41) is 1.09. The number of hydrogen-bond acceptors (Lipinski definition) is 5. The van der Waals surface area contributed by atoms with Crippen molar-refractivity contribution in [2.24, 2.45) is 0 Å². The third kappa shape index (κ3) is 3.86. The second kappa shape index (κ2) is 8.55. The normalized spacial score (nSPS) is 11.9. The number of rotatable bonds is 5. The van der Waals surface area contributed by atoms with Crippen LogP contribution < -0.4 is 5.56 Å². The highest BCUT2D eigenvalue weighted by Gasteiger charge is 2.18. The lowest BCUT2D eigenvalue weighted by molar-refractivity contribution is 0.0601. The van der Waals surface area contributed by atoms with Crippen LogP contribution in [-0.4, -0.2) is 22.6 Å². The Morgan fingerprint density at radius 1 is 1.00 bits per heavy atom. The molecule has 1 atom stereocenters. The number of benzene rings is 3. The maximum Gasteiger partial charge on any atom is 0.337 e.